The Morgan fingerprint density at radius 3 is 2.37 bits per heavy atom. The van der Waals surface area contributed by atoms with Crippen LogP contribution in [-0.2, 0) is 11.3 Å². The van der Waals surface area contributed by atoms with Crippen LogP contribution in [0.4, 0.5) is 4.79 Å². The fourth-order valence-corrected chi connectivity index (χ4v) is 2.78. The second-order valence-electron chi connectivity index (χ2n) is 7.40. The van der Waals surface area contributed by atoms with Crippen molar-refractivity contribution in [3.63, 3.8) is 0 Å². The van der Waals surface area contributed by atoms with Crippen molar-refractivity contribution < 1.29 is 19.1 Å². The van der Waals surface area contributed by atoms with Gasteiger partial charge in [-0.3, -0.25) is 9.36 Å². The average molecular weight is 365 g/mol. The van der Waals surface area contributed by atoms with Crippen molar-refractivity contribution in [2.24, 2.45) is 0 Å². The molecule has 27 heavy (non-hydrogen) atoms. The van der Waals surface area contributed by atoms with E-state index in [-0.39, 0.29) is 5.78 Å². The normalized spacial score (nSPS) is 11.4. The van der Waals surface area contributed by atoms with E-state index in [2.05, 4.69) is 0 Å². The second kappa shape index (κ2) is 7.27. The lowest BCUT2D eigenvalue weighted by atomic mass is 10.1. The summed E-state index contributed by atoms with van der Waals surface area (Å²) < 4.78 is 12.7. The lowest BCUT2D eigenvalue weighted by Gasteiger charge is -2.19. The van der Waals surface area contributed by atoms with E-state index >= 15 is 0 Å². The van der Waals surface area contributed by atoms with Crippen molar-refractivity contribution in [3.8, 4) is 5.75 Å². The highest BCUT2D eigenvalue weighted by Crippen LogP contribution is 2.28. The van der Waals surface area contributed by atoms with Crippen molar-refractivity contribution in [3.05, 3.63) is 65.9 Å². The molecule has 0 N–H and O–H groups in total. The number of aromatic nitrogens is 1. The molecule has 0 spiro atoms. The van der Waals surface area contributed by atoms with E-state index < -0.39 is 11.7 Å². The molecule has 0 fully saturated rings. The van der Waals surface area contributed by atoms with Crippen molar-refractivity contribution in [1.82, 2.24) is 4.57 Å². The molecule has 0 aliphatic heterocycles. The molecule has 5 heteroatoms. The Morgan fingerprint density at radius 2 is 1.74 bits per heavy atom. The highest BCUT2D eigenvalue weighted by molar-refractivity contribution is 6.09. The van der Waals surface area contributed by atoms with Gasteiger partial charge in [0.15, 0.2) is 5.78 Å². The summed E-state index contributed by atoms with van der Waals surface area (Å²) in [6, 6.07) is 15.2. The summed E-state index contributed by atoms with van der Waals surface area (Å²) in [6.07, 6.45) is 1.01. The first-order chi connectivity index (χ1) is 12.7. The van der Waals surface area contributed by atoms with E-state index in [0.717, 1.165) is 5.56 Å². The third-order valence-electron chi connectivity index (χ3n) is 3.99. The van der Waals surface area contributed by atoms with Gasteiger partial charge >= 0.3 is 6.09 Å². The SMILES string of the molecule is CC(=O)c1cn(C(=O)OC(C)(C)C)c2ccc(OCc3ccccc3)cc12. The highest BCUT2D eigenvalue weighted by Gasteiger charge is 2.22. The number of ether oxygens (including phenoxy) is 2. The second-order valence-corrected chi connectivity index (χ2v) is 7.40. The van der Waals surface area contributed by atoms with Crippen LogP contribution >= 0.6 is 0 Å². The van der Waals surface area contributed by atoms with E-state index in [1.54, 1.807) is 39.0 Å². The number of carbonyl (C=O) groups is 2. The predicted octanol–water partition coefficient (Wildman–Crippen LogP) is 5.21. The molecule has 1 heterocycles. The first-order valence-electron chi connectivity index (χ1n) is 8.81. The summed E-state index contributed by atoms with van der Waals surface area (Å²) in [7, 11) is 0. The van der Waals surface area contributed by atoms with Crippen molar-refractivity contribution >= 4 is 22.8 Å². The summed E-state index contributed by atoms with van der Waals surface area (Å²) in [4.78, 5) is 24.6. The van der Waals surface area contributed by atoms with Crippen LogP contribution in [0.15, 0.2) is 54.7 Å². The Bertz CT molecular complexity index is 981. The molecule has 5 nitrogen and oxygen atoms in total. The standard InChI is InChI=1S/C22H23NO4/c1-15(24)19-13-23(21(25)27-22(2,3)4)20-11-10-17(12-18(19)20)26-14-16-8-6-5-7-9-16/h5-13H,14H2,1-4H3. The maximum absolute atomic E-state index is 12.5. The van der Waals surface area contributed by atoms with Gasteiger partial charge in [0, 0.05) is 17.1 Å². The lowest BCUT2D eigenvalue weighted by Crippen LogP contribution is -2.26. The van der Waals surface area contributed by atoms with Gasteiger partial charge in [-0.1, -0.05) is 30.3 Å². The molecule has 2 aromatic carbocycles. The van der Waals surface area contributed by atoms with Crippen LogP contribution in [0.25, 0.3) is 10.9 Å². The number of fused-ring (bicyclic) bond motifs is 1. The molecule has 0 unspecified atom stereocenters. The predicted molar refractivity (Wildman–Crippen MR) is 104 cm³/mol. The third-order valence-corrected chi connectivity index (χ3v) is 3.99. The minimum Gasteiger partial charge on any atom is -0.489 e. The Hall–Kier alpha value is -3.08. The first-order valence-corrected chi connectivity index (χ1v) is 8.81. The molecule has 0 saturated heterocycles. The van der Waals surface area contributed by atoms with E-state index in [1.807, 2.05) is 30.3 Å². The lowest BCUT2D eigenvalue weighted by molar-refractivity contribution is 0.0544. The van der Waals surface area contributed by atoms with E-state index in [1.165, 1.54) is 17.7 Å². The van der Waals surface area contributed by atoms with Gasteiger partial charge < -0.3 is 9.47 Å². The van der Waals surface area contributed by atoms with Gasteiger partial charge in [-0.2, -0.15) is 0 Å². The zero-order chi connectivity index (χ0) is 19.6. The molecule has 0 bridgehead atoms. The van der Waals surface area contributed by atoms with Crippen LogP contribution in [-0.4, -0.2) is 22.0 Å². The summed E-state index contributed by atoms with van der Waals surface area (Å²) in [5.74, 6) is 0.512. The van der Waals surface area contributed by atoms with Gasteiger partial charge in [0.05, 0.1) is 5.52 Å². The molecule has 0 aliphatic rings. The minimum atomic E-state index is -0.622. The molecule has 3 aromatic rings. The molecular weight excluding hydrogens is 342 g/mol. The number of benzene rings is 2. The smallest absolute Gasteiger partial charge is 0.419 e. The summed E-state index contributed by atoms with van der Waals surface area (Å²) >= 11 is 0. The van der Waals surface area contributed by atoms with Gasteiger partial charge in [-0.25, -0.2) is 4.79 Å². The molecule has 0 aliphatic carbocycles. The van der Waals surface area contributed by atoms with Crippen molar-refractivity contribution in [1.29, 1.82) is 0 Å². The molecule has 0 radical (unpaired) electrons. The van der Waals surface area contributed by atoms with E-state index in [9.17, 15) is 9.59 Å². The molecule has 0 amide bonds. The number of hydrogen-bond donors (Lipinski definition) is 0. The summed E-state index contributed by atoms with van der Waals surface area (Å²) in [5, 5.41) is 0.666. The highest BCUT2D eigenvalue weighted by atomic mass is 16.6. The van der Waals surface area contributed by atoms with E-state index in [4.69, 9.17) is 9.47 Å². The van der Waals surface area contributed by atoms with Crippen LogP contribution < -0.4 is 4.74 Å². The summed E-state index contributed by atoms with van der Waals surface area (Å²) in [6.45, 7) is 7.31. The Balaban J connectivity index is 1.94. The maximum atomic E-state index is 12.5. The minimum absolute atomic E-state index is 0.123. The fourth-order valence-electron chi connectivity index (χ4n) is 2.78. The molecular formula is C22H23NO4. The first kappa shape index (κ1) is 18.7. The Labute approximate surface area is 158 Å². The number of rotatable bonds is 4. The molecule has 0 saturated carbocycles. The van der Waals surface area contributed by atoms with Gasteiger partial charge in [0.1, 0.15) is 18.0 Å². The quantitative estimate of drug-likeness (QED) is 0.596. The van der Waals surface area contributed by atoms with Crippen molar-refractivity contribution in [2.45, 2.75) is 39.9 Å². The van der Waals surface area contributed by atoms with Gasteiger partial charge in [0.2, 0.25) is 0 Å². The molecule has 3 rings (SSSR count). The zero-order valence-corrected chi connectivity index (χ0v) is 16.0. The van der Waals surface area contributed by atoms with Gasteiger partial charge in [0.25, 0.3) is 0 Å². The van der Waals surface area contributed by atoms with E-state index in [0.29, 0.717) is 28.8 Å². The Kier molecular flexibility index (Phi) is 5.04. The monoisotopic (exact) mass is 365 g/mol. The van der Waals surface area contributed by atoms with Crippen LogP contribution in [0.2, 0.25) is 0 Å². The van der Waals surface area contributed by atoms with Crippen LogP contribution in [0.5, 0.6) is 5.75 Å². The molecule has 1 aromatic heterocycles. The van der Waals surface area contributed by atoms with Crippen LogP contribution in [0.3, 0.4) is 0 Å². The fraction of sp³-hybridized carbons (Fsp3) is 0.273. The van der Waals surface area contributed by atoms with Crippen molar-refractivity contribution in [2.75, 3.05) is 0 Å². The topological polar surface area (TPSA) is 57.5 Å². The maximum Gasteiger partial charge on any atom is 0.419 e. The van der Waals surface area contributed by atoms with Crippen LogP contribution in [0.1, 0.15) is 43.6 Å². The average Bonchev–Trinajstić information content (AvgIpc) is 2.98. The number of hydrogen-bond acceptors (Lipinski definition) is 4. The zero-order valence-electron chi connectivity index (χ0n) is 16.0. The number of carbonyl (C=O) groups excluding carboxylic acids is 2. The summed E-state index contributed by atoms with van der Waals surface area (Å²) in [5.41, 5.74) is 1.50. The number of Topliss-reactive ketones (excluding diaryl/α,β-unsaturated/α-hetero) is 1. The number of ketones is 1. The number of nitrogens with zero attached hydrogens (tertiary/aromatic N) is 1. The third kappa shape index (κ3) is 4.37. The molecule has 0 atom stereocenters. The van der Waals surface area contributed by atoms with Crippen LogP contribution in [0, 0.1) is 0 Å². The van der Waals surface area contributed by atoms with Gasteiger partial charge in [-0.05, 0) is 51.5 Å². The largest absolute Gasteiger partial charge is 0.489 e. The molecule has 140 valence electrons. The van der Waals surface area contributed by atoms with Gasteiger partial charge in [-0.15, -0.1) is 0 Å². The Morgan fingerprint density at radius 1 is 1.04 bits per heavy atom.